The lowest BCUT2D eigenvalue weighted by Crippen LogP contribution is -2.21. The molecule has 1 N–H and O–H groups in total. The molecular formula is C25H21N3O8. The number of nitro benzene ring substituents is 2. The fraction of sp³-hybridized carbons (Fsp3) is 0.160. The topological polar surface area (TPSA) is 159 Å². The minimum atomic E-state index is -1.36. The van der Waals surface area contributed by atoms with Crippen molar-refractivity contribution in [1.29, 1.82) is 0 Å². The number of nitrogens with one attached hydrogen (secondary N) is 1. The fourth-order valence-corrected chi connectivity index (χ4v) is 3.32. The molecule has 11 heteroatoms. The lowest BCUT2D eigenvalue weighted by atomic mass is 9.99. The Bertz CT molecular complexity index is 1310. The summed E-state index contributed by atoms with van der Waals surface area (Å²) in [4.78, 5) is 58.6. The van der Waals surface area contributed by atoms with E-state index >= 15 is 0 Å². The molecule has 0 saturated carbocycles. The highest BCUT2D eigenvalue weighted by Crippen LogP contribution is 2.26. The summed E-state index contributed by atoms with van der Waals surface area (Å²) in [6.07, 6.45) is -1.97. The number of nitrogens with zero attached hydrogens (tertiary/aromatic N) is 2. The van der Waals surface area contributed by atoms with Gasteiger partial charge in [0.1, 0.15) is 0 Å². The van der Waals surface area contributed by atoms with Crippen molar-refractivity contribution in [1.82, 2.24) is 0 Å². The number of hydrogen-bond donors (Lipinski definition) is 1. The number of aryl methyl sites for hydroxylation is 1. The molecule has 11 nitrogen and oxygen atoms in total. The molecule has 184 valence electrons. The minimum absolute atomic E-state index is 0.116. The quantitative estimate of drug-likeness (QED) is 0.185. The number of ether oxygens (including phenoxy) is 1. The van der Waals surface area contributed by atoms with Crippen LogP contribution in [0.5, 0.6) is 0 Å². The Morgan fingerprint density at radius 3 is 2.06 bits per heavy atom. The molecule has 0 radical (unpaired) electrons. The number of amides is 1. The monoisotopic (exact) mass is 491 g/mol. The Morgan fingerprint density at radius 1 is 0.861 bits per heavy atom. The van der Waals surface area contributed by atoms with E-state index < -0.39 is 33.6 Å². The summed E-state index contributed by atoms with van der Waals surface area (Å²) < 4.78 is 5.41. The third-order valence-corrected chi connectivity index (χ3v) is 5.20. The summed E-state index contributed by atoms with van der Waals surface area (Å²) in [5, 5.41) is 24.4. The van der Waals surface area contributed by atoms with Gasteiger partial charge in [0.2, 0.25) is 11.7 Å². The maximum atomic E-state index is 13.1. The highest BCUT2D eigenvalue weighted by Gasteiger charge is 2.27. The molecule has 0 aromatic heterocycles. The van der Waals surface area contributed by atoms with Crippen molar-refractivity contribution in [3.63, 3.8) is 0 Å². The van der Waals surface area contributed by atoms with Crippen molar-refractivity contribution in [2.75, 3.05) is 5.32 Å². The van der Waals surface area contributed by atoms with Crippen molar-refractivity contribution < 1.29 is 29.0 Å². The fourth-order valence-electron chi connectivity index (χ4n) is 3.32. The van der Waals surface area contributed by atoms with E-state index in [1.807, 2.05) is 0 Å². The van der Waals surface area contributed by atoms with E-state index in [1.165, 1.54) is 42.5 Å². The zero-order valence-electron chi connectivity index (χ0n) is 19.1. The predicted molar refractivity (Wildman–Crippen MR) is 128 cm³/mol. The molecule has 0 bridgehead atoms. The van der Waals surface area contributed by atoms with Crippen molar-refractivity contribution in [3.8, 4) is 0 Å². The van der Waals surface area contributed by atoms with Gasteiger partial charge >= 0.3 is 5.97 Å². The molecule has 0 heterocycles. The summed E-state index contributed by atoms with van der Waals surface area (Å²) in [7, 11) is 0. The van der Waals surface area contributed by atoms with Crippen LogP contribution in [0.15, 0.2) is 72.8 Å². The van der Waals surface area contributed by atoms with E-state index in [2.05, 4.69) is 5.32 Å². The number of nitro groups is 2. The lowest BCUT2D eigenvalue weighted by Gasteiger charge is -2.17. The van der Waals surface area contributed by atoms with Crippen LogP contribution in [-0.4, -0.2) is 27.5 Å². The van der Waals surface area contributed by atoms with Gasteiger partial charge < -0.3 is 10.1 Å². The molecule has 0 aliphatic heterocycles. The molecule has 0 saturated heterocycles. The average Bonchev–Trinajstić information content (AvgIpc) is 2.87. The number of Topliss-reactive ketones (excluding diaryl/α,β-unsaturated/α-hetero) is 1. The van der Waals surface area contributed by atoms with Gasteiger partial charge in [0, 0.05) is 47.5 Å². The van der Waals surface area contributed by atoms with E-state index in [9.17, 15) is 34.6 Å². The van der Waals surface area contributed by atoms with Gasteiger partial charge in [0.15, 0.2) is 6.10 Å². The molecule has 0 spiro atoms. The number of hydrogen-bond acceptors (Lipinski definition) is 8. The van der Waals surface area contributed by atoms with Crippen LogP contribution in [0.2, 0.25) is 0 Å². The molecule has 1 atom stereocenters. The van der Waals surface area contributed by atoms with Crippen molar-refractivity contribution in [2.24, 2.45) is 0 Å². The van der Waals surface area contributed by atoms with Crippen LogP contribution in [0.4, 0.5) is 17.1 Å². The molecule has 0 unspecified atom stereocenters. The molecule has 0 fully saturated rings. The summed E-state index contributed by atoms with van der Waals surface area (Å²) in [6, 6.07) is 17.1. The van der Waals surface area contributed by atoms with Crippen LogP contribution >= 0.6 is 0 Å². The van der Waals surface area contributed by atoms with Crippen LogP contribution in [0.3, 0.4) is 0 Å². The Kier molecular flexibility index (Phi) is 8.18. The number of rotatable bonds is 10. The number of benzene rings is 3. The zero-order valence-corrected chi connectivity index (χ0v) is 19.1. The van der Waals surface area contributed by atoms with Gasteiger partial charge in [-0.05, 0) is 30.7 Å². The maximum absolute atomic E-state index is 13.1. The highest BCUT2D eigenvalue weighted by atomic mass is 16.6. The number of non-ortho nitro benzene ring substituents is 2. The van der Waals surface area contributed by atoms with E-state index in [1.54, 1.807) is 37.3 Å². The van der Waals surface area contributed by atoms with Gasteiger partial charge in [-0.3, -0.25) is 34.6 Å². The van der Waals surface area contributed by atoms with E-state index in [-0.39, 0.29) is 35.3 Å². The largest absolute Gasteiger partial charge is 0.449 e. The number of carbonyl (C=O) groups excluding carboxylic acids is 3. The van der Waals surface area contributed by atoms with Gasteiger partial charge in [-0.25, -0.2) is 0 Å². The molecule has 3 aromatic rings. The van der Waals surface area contributed by atoms with Gasteiger partial charge in [0.05, 0.1) is 16.3 Å². The van der Waals surface area contributed by atoms with Gasteiger partial charge in [0.25, 0.3) is 11.4 Å². The SMILES string of the molecule is Cc1cc([N+](=O)[O-])ccc1NC(=O)CCC(=O)O[C@@H](C(=O)c1ccccc1)c1ccc([N+](=O)[O-])cc1. The summed E-state index contributed by atoms with van der Waals surface area (Å²) in [6.45, 7) is 1.60. The zero-order chi connectivity index (χ0) is 26.2. The van der Waals surface area contributed by atoms with E-state index in [0.29, 0.717) is 11.3 Å². The smallest absolute Gasteiger partial charge is 0.307 e. The third-order valence-electron chi connectivity index (χ3n) is 5.20. The predicted octanol–water partition coefficient (Wildman–Crippen LogP) is 4.70. The summed E-state index contributed by atoms with van der Waals surface area (Å²) in [5.41, 5.74) is 1.06. The number of esters is 1. The number of anilines is 1. The molecule has 3 aromatic carbocycles. The minimum Gasteiger partial charge on any atom is -0.449 e. The Labute approximate surface area is 205 Å². The standard InChI is InChI=1S/C25H21N3O8/c1-16-15-20(28(34)35)11-12-21(16)26-22(29)13-14-23(30)36-25(24(31)17-5-3-2-4-6-17)18-7-9-19(10-8-18)27(32)33/h2-12,15,25H,13-14H2,1H3,(H,26,29)/t25-/m1/s1. The first kappa shape index (κ1) is 25.7. The highest BCUT2D eigenvalue weighted by molar-refractivity contribution is 6.01. The van der Waals surface area contributed by atoms with Crippen LogP contribution in [0, 0.1) is 27.2 Å². The van der Waals surface area contributed by atoms with Crippen LogP contribution in [-0.2, 0) is 14.3 Å². The Hall–Kier alpha value is -4.93. The number of carbonyl (C=O) groups is 3. The first-order chi connectivity index (χ1) is 17.2. The second-order valence-electron chi connectivity index (χ2n) is 7.75. The Morgan fingerprint density at radius 2 is 1.47 bits per heavy atom. The summed E-state index contributed by atoms with van der Waals surface area (Å²) >= 11 is 0. The molecule has 1 amide bonds. The second-order valence-corrected chi connectivity index (χ2v) is 7.75. The molecule has 36 heavy (non-hydrogen) atoms. The third kappa shape index (κ3) is 6.56. The molecule has 3 rings (SSSR count). The van der Waals surface area contributed by atoms with Crippen molar-refractivity contribution >= 4 is 34.7 Å². The average molecular weight is 491 g/mol. The molecule has 0 aliphatic carbocycles. The number of ketones is 1. The van der Waals surface area contributed by atoms with Crippen LogP contribution < -0.4 is 5.32 Å². The van der Waals surface area contributed by atoms with Crippen LogP contribution in [0.25, 0.3) is 0 Å². The van der Waals surface area contributed by atoms with Crippen LogP contribution in [0.1, 0.15) is 40.4 Å². The second kappa shape index (κ2) is 11.5. The summed E-state index contributed by atoms with van der Waals surface area (Å²) in [5.74, 6) is -1.87. The van der Waals surface area contributed by atoms with Crippen molar-refractivity contribution in [2.45, 2.75) is 25.9 Å². The van der Waals surface area contributed by atoms with Gasteiger partial charge in [-0.1, -0.05) is 30.3 Å². The van der Waals surface area contributed by atoms with Gasteiger partial charge in [-0.15, -0.1) is 0 Å². The maximum Gasteiger partial charge on any atom is 0.307 e. The van der Waals surface area contributed by atoms with E-state index in [0.717, 1.165) is 0 Å². The first-order valence-electron chi connectivity index (χ1n) is 10.7. The Balaban J connectivity index is 1.68. The molecule has 0 aliphatic rings. The van der Waals surface area contributed by atoms with Gasteiger partial charge in [-0.2, -0.15) is 0 Å². The first-order valence-corrected chi connectivity index (χ1v) is 10.7. The molecular weight excluding hydrogens is 470 g/mol. The normalized spacial score (nSPS) is 11.2. The lowest BCUT2D eigenvalue weighted by molar-refractivity contribution is -0.385. The van der Waals surface area contributed by atoms with E-state index in [4.69, 9.17) is 4.74 Å². The van der Waals surface area contributed by atoms with Crippen molar-refractivity contribution in [3.05, 3.63) is 110 Å².